The topological polar surface area (TPSA) is 55.4 Å². The highest BCUT2D eigenvalue weighted by atomic mass is 35.5. The molecule has 2 aromatic rings. The van der Waals surface area contributed by atoms with Crippen LogP contribution in [0.4, 0.5) is 5.69 Å². The quantitative estimate of drug-likeness (QED) is 0.513. The van der Waals surface area contributed by atoms with E-state index < -0.39 is 17.4 Å². The van der Waals surface area contributed by atoms with Crippen molar-refractivity contribution in [2.24, 2.45) is 17.3 Å². The van der Waals surface area contributed by atoms with E-state index in [1.807, 2.05) is 6.07 Å². The number of anilines is 1. The third kappa shape index (κ3) is 3.82. The van der Waals surface area contributed by atoms with Crippen molar-refractivity contribution < 1.29 is 14.3 Å². The fraction of sp³-hybridized carbons (Fsp3) is 0.462. The lowest BCUT2D eigenvalue weighted by Crippen LogP contribution is -2.57. The number of ether oxygens (including phenoxy) is 1. The summed E-state index contributed by atoms with van der Waals surface area (Å²) in [6.45, 7) is 1.62. The van der Waals surface area contributed by atoms with Gasteiger partial charge in [0.2, 0.25) is 0 Å². The maximum absolute atomic E-state index is 13.5. The molecule has 2 aromatic carbocycles. The van der Waals surface area contributed by atoms with Crippen LogP contribution in [-0.2, 0) is 19.7 Å². The molecular weight excluding hydrogens is 445 g/mol. The summed E-state index contributed by atoms with van der Waals surface area (Å²) in [6, 6.07) is 15.5. The number of benzene rings is 2. The lowest BCUT2D eigenvalue weighted by molar-refractivity contribution is -0.180. The first kappa shape index (κ1) is 21.8. The van der Waals surface area contributed by atoms with E-state index in [2.05, 4.69) is 29.6 Å². The average molecular weight is 472 g/mol. The van der Waals surface area contributed by atoms with E-state index in [-0.39, 0.29) is 11.4 Å². The van der Waals surface area contributed by atoms with Crippen molar-refractivity contribution in [1.29, 1.82) is 0 Å². The van der Waals surface area contributed by atoms with Gasteiger partial charge in [0.25, 0.3) is 5.91 Å². The van der Waals surface area contributed by atoms with Crippen LogP contribution in [0.5, 0.6) is 0 Å². The number of carbonyl (C=O) groups is 2. The van der Waals surface area contributed by atoms with Gasteiger partial charge in [-0.25, -0.2) is 0 Å². The number of carbonyl (C=O) groups excluding carboxylic acids is 2. The molecule has 1 amide bonds. The highest BCUT2D eigenvalue weighted by Gasteiger charge is 2.61. The minimum atomic E-state index is -0.907. The minimum Gasteiger partial charge on any atom is -0.452 e. The molecule has 4 nitrogen and oxygen atoms in total. The van der Waals surface area contributed by atoms with Crippen LogP contribution in [0.15, 0.2) is 48.5 Å². The van der Waals surface area contributed by atoms with Crippen LogP contribution in [0.2, 0.25) is 10.0 Å². The second-order valence-corrected chi connectivity index (χ2v) is 10.9. The molecule has 32 heavy (non-hydrogen) atoms. The Morgan fingerprint density at radius 2 is 1.72 bits per heavy atom. The molecule has 0 radical (unpaired) electrons. The number of halogens is 2. The number of rotatable bonds is 5. The predicted molar refractivity (Wildman–Crippen MR) is 126 cm³/mol. The summed E-state index contributed by atoms with van der Waals surface area (Å²) < 4.78 is 5.79. The summed E-state index contributed by atoms with van der Waals surface area (Å²) >= 11 is 12.1. The van der Waals surface area contributed by atoms with Crippen molar-refractivity contribution in [1.82, 2.24) is 0 Å². The van der Waals surface area contributed by atoms with E-state index in [1.54, 1.807) is 25.1 Å². The molecule has 0 heterocycles. The number of esters is 1. The van der Waals surface area contributed by atoms with Crippen LogP contribution < -0.4 is 5.32 Å². The molecule has 6 heteroatoms. The molecule has 0 spiro atoms. The fourth-order valence-electron chi connectivity index (χ4n) is 6.80. The molecule has 0 aliphatic heterocycles. The smallest absolute Gasteiger partial charge is 0.312 e. The minimum absolute atomic E-state index is 0.0483. The van der Waals surface area contributed by atoms with E-state index in [9.17, 15) is 9.59 Å². The first-order chi connectivity index (χ1) is 15.3. The van der Waals surface area contributed by atoms with E-state index in [1.165, 1.54) is 12.0 Å². The van der Waals surface area contributed by atoms with Gasteiger partial charge in [-0.05, 0) is 86.5 Å². The van der Waals surface area contributed by atoms with Crippen LogP contribution >= 0.6 is 23.2 Å². The Balaban J connectivity index is 1.32. The standard InChI is InChI=1S/C26H27Cl2NO3/c1-16(23(30)29-22-8-7-20(27)10-21(22)28)32-24(31)26-13-17-9-18(14-26)12-25(11-17,15-26)19-5-3-2-4-6-19/h2-8,10,16-18H,9,11-15H2,1H3,(H,29,30)/t16-,17-,18+,25?,26?/m1/s1. The van der Waals surface area contributed by atoms with E-state index in [4.69, 9.17) is 27.9 Å². The van der Waals surface area contributed by atoms with Gasteiger partial charge in [0.1, 0.15) is 0 Å². The van der Waals surface area contributed by atoms with Crippen molar-refractivity contribution in [2.75, 3.05) is 5.32 Å². The number of nitrogens with one attached hydrogen (secondary N) is 1. The maximum atomic E-state index is 13.5. The number of hydrogen-bond acceptors (Lipinski definition) is 3. The lowest BCUT2D eigenvalue weighted by Gasteiger charge is -2.61. The Hall–Kier alpha value is -2.04. The zero-order chi connectivity index (χ0) is 22.5. The van der Waals surface area contributed by atoms with Gasteiger partial charge < -0.3 is 10.1 Å². The van der Waals surface area contributed by atoms with Gasteiger partial charge in [-0.1, -0.05) is 53.5 Å². The summed E-state index contributed by atoms with van der Waals surface area (Å²) in [6.07, 6.45) is 5.14. The summed E-state index contributed by atoms with van der Waals surface area (Å²) in [7, 11) is 0. The van der Waals surface area contributed by atoms with Gasteiger partial charge in [0, 0.05) is 5.02 Å². The van der Waals surface area contributed by atoms with Gasteiger partial charge in [0.15, 0.2) is 6.10 Å². The molecule has 4 bridgehead atoms. The van der Waals surface area contributed by atoms with Crippen LogP contribution in [0.25, 0.3) is 0 Å². The van der Waals surface area contributed by atoms with Crippen LogP contribution in [0.3, 0.4) is 0 Å². The third-order valence-electron chi connectivity index (χ3n) is 7.72. The molecule has 168 valence electrons. The van der Waals surface area contributed by atoms with Gasteiger partial charge in [0.05, 0.1) is 16.1 Å². The normalized spacial score (nSPS) is 31.2. The van der Waals surface area contributed by atoms with Crippen LogP contribution in [-0.4, -0.2) is 18.0 Å². The third-order valence-corrected chi connectivity index (χ3v) is 8.27. The highest BCUT2D eigenvalue weighted by Crippen LogP contribution is 2.66. The predicted octanol–water partition coefficient (Wildman–Crippen LogP) is 6.40. The zero-order valence-corrected chi connectivity index (χ0v) is 19.6. The van der Waals surface area contributed by atoms with E-state index in [0.29, 0.717) is 27.6 Å². The first-order valence-corrected chi connectivity index (χ1v) is 12.1. The Morgan fingerprint density at radius 1 is 1.03 bits per heavy atom. The van der Waals surface area contributed by atoms with E-state index >= 15 is 0 Å². The van der Waals surface area contributed by atoms with E-state index in [0.717, 1.165) is 32.1 Å². The van der Waals surface area contributed by atoms with Crippen molar-refractivity contribution in [3.8, 4) is 0 Å². The fourth-order valence-corrected chi connectivity index (χ4v) is 7.25. The van der Waals surface area contributed by atoms with Crippen LogP contribution in [0.1, 0.15) is 51.0 Å². The number of amides is 1. The van der Waals surface area contributed by atoms with Crippen LogP contribution in [0, 0.1) is 17.3 Å². The second-order valence-electron chi connectivity index (χ2n) is 10.0. The SMILES string of the molecule is C[C@@H](OC(=O)C12C[C@H]3C[C@@H](C1)CC(c1ccccc1)(C3)C2)C(=O)Nc1ccc(Cl)cc1Cl. The van der Waals surface area contributed by atoms with Gasteiger partial charge in [-0.15, -0.1) is 0 Å². The Labute approximate surface area is 198 Å². The van der Waals surface area contributed by atoms with Gasteiger partial charge in [-0.3, -0.25) is 9.59 Å². The molecule has 4 saturated carbocycles. The molecule has 4 fully saturated rings. The molecule has 6 rings (SSSR count). The molecule has 4 aliphatic carbocycles. The molecule has 5 atom stereocenters. The van der Waals surface area contributed by atoms with Crippen molar-refractivity contribution in [2.45, 2.75) is 57.0 Å². The maximum Gasteiger partial charge on any atom is 0.312 e. The molecule has 0 saturated heterocycles. The van der Waals surface area contributed by atoms with Crippen molar-refractivity contribution in [3.05, 3.63) is 64.1 Å². The summed E-state index contributed by atoms with van der Waals surface area (Å²) in [4.78, 5) is 26.2. The van der Waals surface area contributed by atoms with Crippen molar-refractivity contribution in [3.63, 3.8) is 0 Å². The van der Waals surface area contributed by atoms with Gasteiger partial charge in [-0.2, -0.15) is 0 Å². The van der Waals surface area contributed by atoms with Crippen molar-refractivity contribution >= 4 is 40.8 Å². The Morgan fingerprint density at radius 3 is 2.38 bits per heavy atom. The first-order valence-electron chi connectivity index (χ1n) is 11.3. The summed E-state index contributed by atoms with van der Waals surface area (Å²) in [5, 5.41) is 3.57. The highest BCUT2D eigenvalue weighted by molar-refractivity contribution is 6.36. The summed E-state index contributed by atoms with van der Waals surface area (Å²) in [5.41, 5.74) is 1.34. The second kappa shape index (κ2) is 8.07. The Kier molecular flexibility index (Phi) is 5.50. The Bertz CT molecular complexity index is 1040. The average Bonchev–Trinajstić information content (AvgIpc) is 2.75. The number of hydrogen-bond donors (Lipinski definition) is 1. The van der Waals surface area contributed by atoms with Gasteiger partial charge >= 0.3 is 5.97 Å². The molecule has 1 N–H and O–H groups in total. The molecule has 2 unspecified atom stereocenters. The summed E-state index contributed by atoms with van der Waals surface area (Å²) in [5.74, 6) is 0.462. The molecule has 4 aliphatic rings. The molecule has 0 aromatic heterocycles. The lowest BCUT2D eigenvalue weighted by atomic mass is 9.43. The molecular formula is C26H27Cl2NO3. The monoisotopic (exact) mass is 471 g/mol. The zero-order valence-electron chi connectivity index (χ0n) is 18.1. The largest absolute Gasteiger partial charge is 0.452 e.